The monoisotopic (exact) mass is 519 g/mol. The van der Waals surface area contributed by atoms with Gasteiger partial charge in [-0.3, -0.25) is 0 Å². The van der Waals surface area contributed by atoms with Crippen LogP contribution in [0.5, 0.6) is 0 Å². The Balaban J connectivity index is 1.55. The van der Waals surface area contributed by atoms with Gasteiger partial charge in [-0.15, -0.1) is 0 Å². The fraction of sp³-hybridized carbons (Fsp3) is 0.188. The Morgan fingerprint density at radius 2 is 1.74 bits per heavy atom. The van der Waals surface area contributed by atoms with Crippen LogP contribution < -0.4 is 5.32 Å². The largest absolute Gasteiger partial charge is 0.322 e. The molecule has 1 atom stereocenters. The average molecular weight is 520 g/mol. The van der Waals surface area contributed by atoms with E-state index in [-0.39, 0.29) is 11.8 Å². The number of halogens is 1. The van der Waals surface area contributed by atoms with Crippen LogP contribution in [0, 0.1) is 19.7 Å². The molecule has 0 saturated heterocycles. The molecule has 7 heteroatoms. The molecule has 0 fully saturated rings. The molecular weight excluding hydrogens is 489 g/mol. The Hall–Kier alpha value is -4.65. The van der Waals surface area contributed by atoms with Crippen LogP contribution in [0.25, 0.3) is 11.5 Å². The summed E-state index contributed by atoms with van der Waals surface area (Å²) >= 11 is 0. The van der Waals surface area contributed by atoms with Gasteiger partial charge in [0.15, 0.2) is 0 Å². The van der Waals surface area contributed by atoms with Crippen molar-refractivity contribution >= 4 is 11.7 Å². The van der Waals surface area contributed by atoms with Crippen molar-refractivity contribution in [2.24, 2.45) is 0 Å². The second-order valence-corrected chi connectivity index (χ2v) is 9.91. The summed E-state index contributed by atoms with van der Waals surface area (Å²) in [5.41, 5.74) is 7.48. The number of para-hydroxylation sites is 1. The van der Waals surface area contributed by atoms with Gasteiger partial charge in [-0.2, -0.15) is 5.10 Å². The van der Waals surface area contributed by atoms with Crippen LogP contribution in [-0.2, 0) is 13.0 Å². The molecule has 0 bridgehead atoms. The minimum atomic E-state index is -0.452. The second kappa shape index (κ2) is 9.91. The van der Waals surface area contributed by atoms with E-state index in [4.69, 9.17) is 5.10 Å². The predicted molar refractivity (Wildman–Crippen MR) is 151 cm³/mol. The molecule has 1 N–H and O–H groups in total. The van der Waals surface area contributed by atoms with Crippen molar-refractivity contribution in [2.45, 2.75) is 39.8 Å². The number of aromatic nitrogens is 3. The molecule has 6 nitrogen and oxygen atoms in total. The zero-order chi connectivity index (χ0) is 27.1. The number of carbonyl (C=O) groups is 1. The van der Waals surface area contributed by atoms with Crippen LogP contribution in [0.15, 0.2) is 91.1 Å². The Morgan fingerprint density at radius 3 is 2.49 bits per heavy atom. The van der Waals surface area contributed by atoms with Crippen LogP contribution in [0.3, 0.4) is 0 Å². The topological polar surface area (TPSA) is 55.1 Å². The Kier molecular flexibility index (Phi) is 6.27. The second-order valence-electron chi connectivity index (χ2n) is 9.91. The number of nitrogens with zero attached hydrogens (tertiary/aromatic N) is 4. The van der Waals surface area contributed by atoms with Crippen LogP contribution in [0.1, 0.15) is 46.6 Å². The van der Waals surface area contributed by atoms with E-state index in [0.717, 1.165) is 50.8 Å². The lowest BCUT2D eigenvalue weighted by atomic mass is 10.0. The van der Waals surface area contributed by atoms with Crippen molar-refractivity contribution in [3.05, 3.63) is 131 Å². The first-order valence-electron chi connectivity index (χ1n) is 13.2. The predicted octanol–water partition coefficient (Wildman–Crippen LogP) is 7.12. The summed E-state index contributed by atoms with van der Waals surface area (Å²) in [5.74, 6) is 0.595. The molecule has 2 amide bonds. The van der Waals surface area contributed by atoms with E-state index in [1.165, 1.54) is 12.1 Å². The molecule has 39 heavy (non-hydrogen) atoms. The van der Waals surface area contributed by atoms with Gasteiger partial charge in [0.25, 0.3) is 0 Å². The number of hydrogen-bond acceptors (Lipinski definition) is 2. The lowest BCUT2D eigenvalue weighted by molar-refractivity contribution is 0.194. The van der Waals surface area contributed by atoms with E-state index in [2.05, 4.69) is 16.8 Å². The lowest BCUT2D eigenvalue weighted by Crippen LogP contribution is -2.38. The molecule has 3 heterocycles. The van der Waals surface area contributed by atoms with E-state index >= 15 is 0 Å². The van der Waals surface area contributed by atoms with Crippen molar-refractivity contribution in [3.63, 3.8) is 0 Å². The van der Waals surface area contributed by atoms with Crippen molar-refractivity contribution in [2.75, 3.05) is 5.32 Å². The standard InChI is InChI=1S/C32H30FN5O/c1-4-27-26-20-37(32(39)34-28-13-8-10-21(2)22(28)3)30(23-15-17-24(33)18-16-23)29-14-9-19-36(29)31(26)38(35-27)25-11-6-5-7-12-25/h5-19,30H,4,20H2,1-3H3,(H,34,39). The van der Waals surface area contributed by atoms with Gasteiger partial charge in [0.05, 0.1) is 29.7 Å². The molecule has 0 spiro atoms. The Labute approximate surface area is 227 Å². The van der Waals surface area contributed by atoms with Gasteiger partial charge in [0, 0.05) is 17.4 Å². The molecule has 6 rings (SSSR count). The van der Waals surface area contributed by atoms with E-state index in [9.17, 15) is 9.18 Å². The Bertz CT molecular complexity index is 1650. The van der Waals surface area contributed by atoms with E-state index in [1.807, 2.05) is 90.3 Å². The fourth-order valence-electron chi connectivity index (χ4n) is 5.42. The average Bonchev–Trinajstić information content (AvgIpc) is 3.53. The highest BCUT2D eigenvalue weighted by Crippen LogP contribution is 2.39. The van der Waals surface area contributed by atoms with Gasteiger partial charge < -0.3 is 14.8 Å². The summed E-state index contributed by atoms with van der Waals surface area (Å²) in [4.78, 5) is 16.0. The molecule has 196 valence electrons. The normalized spacial score (nSPS) is 14.5. The van der Waals surface area contributed by atoms with Gasteiger partial charge in [0.2, 0.25) is 0 Å². The molecule has 1 unspecified atom stereocenters. The number of rotatable bonds is 4. The molecule has 1 aliphatic rings. The first-order valence-corrected chi connectivity index (χ1v) is 13.2. The number of amides is 2. The fourth-order valence-corrected chi connectivity index (χ4v) is 5.42. The quantitative estimate of drug-likeness (QED) is 0.275. The summed E-state index contributed by atoms with van der Waals surface area (Å²) < 4.78 is 18.1. The summed E-state index contributed by atoms with van der Waals surface area (Å²) in [6.07, 6.45) is 2.73. The van der Waals surface area contributed by atoms with Gasteiger partial charge in [0.1, 0.15) is 11.6 Å². The van der Waals surface area contributed by atoms with Crippen molar-refractivity contribution in [3.8, 4) is 11.5 Å². The van der Waals surface area contributed by atoms with Crippen molar-refractivity contribution in [1.29, 1.82) is 0 Å². The molecule has 0 aliphatic carbocycles. The first-order chi connectivity index (χ1) is 19.0. The van der Waals surface area contributed by atoms with Gasteiger partial charge in [-0.1, -0.05) is 49.4 Å². The maximum atomic E-state index is 14.2. The van der Waals surface area contributed by atoms with E-state index in [1.54, 1.807) is 12.1 Å². The molecule has 2 aromatic heterocycles. The minimum Gasteiger partial charge on any atom is -0.308 e. The number of nitrogens with one attached hydrogen (secondary N) is 1. The third-order valence-corrected chi connectivity index (χ3v) is 7.60. The number of anilines is 1. The van der Waals surface area contributed by atoms with Gasteiger partial charge >= 0.3 is 6.03 Å². The minimum absolute atomic E-state index is 0.229. The molecule has 0 radical (unpaired) electrons. The van der Waals surface area contributed by atoms with Crippen LogP contribution >= 0.6 is 0 Å². The van der Waals surface area contributed by atoms with Crippen molar-refractivity contribution < 1.29 is 9.18 Å². The number of carbonyl (C=O) groups excluding carboxylic acids is 1. The maximum absolute atomic E-state index is 14.2. The molecule has 5 aromatic rings. The first kappa shape index (κ1) is 24.7. The van der Waals surface area contributed by atoms with Gasteiger partial charge in [-0.05, 0) is 79.4 Å². The summed E-state index contributed by atoms with van der Waals surface area (Å²) in [5, 5.41) is 8.17. The smallest absolute Gasteiger partial charge is 0.308 e. The number of benzene rings is 3. The SMILES string of the molecule is CCc1nn(-c2ccccc2)c2c1CN(C(=O)Nc1cccc(C)c1C)C(c1ccc(F)cc1)c1cccn1-2. The van der Waals surface area contributed by atoms with Gasteiger partial charge in [-0.25, -0.2) is 13.9 Å². The highest BCUT2D eigenvalue weighted by Gasteiger charge is 2.36. The van der Waals surface area contributed by atoms with Crippen molar-refractivity contribution in [1.82, 2.24) is 19.2 Å². The Morgan fingerprint density at radius 1 is 0.974 bits per heavy atom. The molecular formula is C32H30FN5O. The van der Waals surface area contributed by atoms with Crippen LogP contribution in [-0.4, -0.2) is 25.3 Å². The van der Waals surface area contributed by atoms with E-state index < -0.39 is 6.04 Å². The number of fused-ring (bicyclic) bond motifs is 3. The van der Waals surface area contributed by atoms with Crippen LogP contribution in [0.2, 0.25) is 0 Å². The zero-order valence-electron chi connectivity index (χ0n) is 22.2. The number of hydrogen-bond donors (Lipinski definition) is 1. The lowest BCUT2D eigenvalue weighted by Gasteiger charge is -2.31. The molecule has 0 saturated carbocycles. The van der Waals surface area contributed by atoms with E-state index in [0.29, 0.717) is 13.0 Å². The number of urea groups is 1. The zero-order valence-corrected chi connectivity index (χ0v) is 22.2. The number of aryl methyl sites for hydroxylation is 2. The third-order valence-electron chi connectivity index (χ3n) is 7.60. The molecule has 1 aliphatic heterocycles. The highest BCUT2D eigenvalue weighted by molar-refractivity contribution is 5.91. The summed E-state index contributed by atoms with van der Waals surface area (Å²) in [7, 11) is 0. The van der Waals surface area contributed by atoms with Crippen LogP contribution in [0.4, 0.5) is 14.9 Å². The third kappa shape index (κ3) is 4.30. The summed E-state index contributed by atoms with van der Waals surface area (Å²) in [6, 6.07) is 25.7. The highest BCUT2D eigenvalue weighted by atomic mass is 19.1. The maximum Gasteiger partial charge on any atom is 0.322 e. The molecule has 3 aromatic carbocycles. The summed E-state index contributed by atoms with van der Waals surface area (Å²) in [6.45, 7) is 6.46.